The second-order valence-corrected chi connectivity index (χ2v) is 6.52. The summed E-state index contributed by atoms with van der Waals surface area (Å²) in [6, 6.07) is -0.121. The summed E-state index contributed by atoms with van der Waals surface area (Å²) < 4.78 is 5.38. The summed E-state index contributed by atoms with van der Waals surface area (Å²) in [6.07, 6.45) is 3.63. The molecule has 2 unspecified atom stereocenters. The molecule has 2 rings (SSSR count). The summed E-state index contributed by atoms with van der Waals surface area (Å²) in [7, 11) is 0. The molecule has 2 atom stereocenters. The van der Waals surface area contributed by atoms with E-state index in [4.69, 9.17) is 4.74 Å². The number of ether oxygens (including phenoxy) is 1. The quantitative estimate of drug-likeness (QED) is 0.835. The Balaban J connectivity index is 1.90. The largest absolute Gasteiger partial charge is 0.378 e. The molecular formula is C13H24N2O2S. The number of nitrogens with one attached hydrogen (secondary N) is 1. The van der Waals surface area contributed by atoms with Crippen molar-refractivity contribution in [3.05, 3.63) is 0 Å². The fourth-order valence-electron chi connectivity index (χ4n) is 2.62. The smallest absolute Gasteiger partial charge is 0.242 e. The van der Waals surface area contributed by atoms with Gasteiger partial charge in [0.15, 0.2) is 0 Å². The van der Waals surface area contributed by atoms with Gasteiger partial charge in [-0.2, -0.15) is 11.8 Å². The summed E-state index contributed by atoms with van der Waals surface area (Å²) in [5, 5.41) is 3.88. The fourth-order valence-corrected chi connectivity index (χ4v) is 3.71. The van der Waals surface area contributed by atoms with Crippen LogP contribution in [0.15, 0.2) is 0 Å². The second-order valence-electron chi connectivity index (χ2n) is 4.94. The van der Waals surface area contributed by atoms with Crippen LogP contribution in [-0.2, 0) is 9.53 Å². The molecule has 0 spiro atoms. The highest BCUT2D eigenvalue weighted by Crippen LogP contribution is 2.22. The molecule has 104 valence electrons. The molecule has 1 N–H and O–H groups in total. The molecule has 2 aliphatic rings. The molecule has 0 saturated carbocycles. The van der Waals surface area contributed by atoms with Gasteiger partial charge in [-0.15, -0.1) is 0 Å². The first-order valence-corrected chi connectivity index (χ1v) is 8.07. The molecule has 1 amide bonds. The Morgan fingerprint density at radius 1 is 1.50 bits per heavy atom. The lowest BCUT2D eigenvalue weighted by atomic mass is 10.2. The standard InChI is InChI=1S/C13H24N2O2S/c1-2-18-11-5-3-4-7-15(9-11)13(16)12-10-17-8-6-14-12/h11-12,14H,2-10H2,1H3. The van der Waals surface area contributed by atoms with E-state index in [0.717, 1.165) is 38.4 Å². The maximum Gasteiger partial charge on any atom is 0.242 e. The van der Waals surface area contributed by atoms with E-state index in [1.54, 1.807) is 0 Å². The summed E-state index contributed by atoms with van der Waals surface area (Å²) in [4.78, 5) is 14.5. The average molecular weight is 272 g/mol. The predicted octanol–water partition coefficient (Wildman–Crippen LogP) is 1.11. The van der Waals surface area contributed by atoms with E-state index < -0.39 is 0 Å². The Bertz CT molecular complexity index is 270. The van der Waals surface area contributed by atoms with E-state index in [1.807, 2.05) is 16.7 Å². The fraction of sp³-hybridized carbons (Fsp3) is 0.923. The molecule has 0 bridgehead atoms. The first kappa shape index (κ1) is 14.2. The van der Waals surface area contributed by atoms with Crippen molar-refractivity contribution in [3.8, 4) is 0 Å². The van der Waals surface area contributed by atoms with Crippen LogP contribution in [0.5, 0.6) is 0 Å². The van der Waals surface area contributed by atoms with Gasteiger partial charge >= 0.3 is 0 Å². The third-order valence-corrected chi connectivity index (χ3v) is 4.75. The molecule has 2 fully saturated rings. The second kappa shape index (κ2) is 7.36. The monoisotopic (exact) mass is 272 g/mol. The first-order chi connectivity index (χ1) is 8.81. The van der Waals surface area contributed by atoms with Gasteiger partial charge in [0.25, 0.3) is 0 Å². The number of likely N-dealkylation sites (tertiary alicyclic amines) is 1. The SMILES string of the molecule is CCSC1CCCCN(C(=O)C2COCCN2)C1. The van der Waals surface area contributed by atoms with Crippen molar-refractivity contribution < 1.29 is 9.53 Å². The van der Waals surface area contributed by atoms with Crippen LogP contribution in [0.25, 0.3) is 0 Å². The summed E-state index contributed by atoms with van der Waals surface area (Å²) >= 11 is 1.99. The summed E-state index contributed by atoms with van der Waals surface area (Å²) in [5.74, 6) is 1.37. The van der Waals surface area contributed by atoms with Crippen LogP contribution in [0.3, 0.4) is 0 Å². The third-order valence-electron chi connectivity index (χ3n) is 3.56. The summed E-state index contributed by atoms with van der Waals surface area (Å²) in [5.41, 5.74) is 0. The minimum absolute atomic E-state index is 0.121. The normalized spacial score (nSPS) is 29.9. The number of morpholine rings is 1. The molecule has 18 heavy (non-hydrogen) atoms. The number of hydrogen-bond acceptors (Lipinski definition) is 4. The number of amides is 1. The van der Waals surface area contributed by atoms with Crippen molar-refractivity contribution >= 4 is 17.7 Å². The lowest BCUT2D eigenvalue weighted by molar-refractivity contribution is -0.136. The molecule has 5 heteroatoms. The van der Waals surface area contributed by atoms with E-state index in [1.165, 1.54) is 12.8 Å². The topological polar surface area (TPSA) is 41.6 Å². The number of hydrogen-bond donors (Lipinski definition) is 1. The summed E-state index contributed by atoms with van der Waals surface area (Å²) in [6.45, 7) is 6.06. The Labute approximate surface area is 114 Å². The van der Waals surface area contributed by atoms with E-state index in [0.29, 0.717) is 11.9 Å². The van der Waals surface area contributed by atoms with Gasteiger partial charge in [0.05, 0.1) is 13.2 Å². The van der Waals surface area contributed by atoms with E-state index >= 15 is 0 Å². The zero-order valence-electron chi connectivity index (χ0n) is 11.2. The van der Waals surface area contributed by atoms with Crippen molar-refractivity contribution in [2.45, 2.75) is 37.5 Å². The van der Waals surface area contributed by atoms with Gasteiger partial charge in [0.2, 0.25) is 5.91 Å². The molecule has 0 aromatic rings. The number of rotatable bonds is 3. The molecule has 0 aromatic heterocycles. The van der Waals surface area contributed by atoms with Crippen LogP contribution in [0, 0.1) is 0 Å². The third kappa shape index (κ3) is 3.87. The first-order valence-electron chi connectivity index (χ1n) is 7.02. The van der Waals surface area contributed by atoms with Gasteiger partial charge in [-0.05, 0) is 18.6 Å². The molecule has 2 aliphatic heterocycles. The van der Waals surface area contributed by atoms with E-state index in [2.05, 4.69) is 12.2 Å². The van der Waals surface area contributed by atoms with Crippen molar-refractivity contribution in [1.29, 1.82) is 0 Å². The minimum Gasteiger partial charge on any atom is -0.378 e. The average Bonchev–Trinajstić information content (AvgIpc) is 2.65. The Hall–Kier alpha value is -0.260. The zero-order chi connectivity index (χ0) is 12.8. The van der Waals surface area contributed by atoms with Crippen LogP contribution in [0.1, 0.15) is 26.2 Å². The highest BCUT2D eigenvalue weighted by Gasteiger charge is 2.28. The Kier molecular flexibility index (Phi) is 5.79. The molecule has 0 radical (unpaired) electrons. The van der Waals surface area contributed by atoms with Gasteiger partial charge in [0, 0.05) is 24.9 Å². The van der Waals surface area contributed by atoms with Crippen molar-refractivity contribution in [1.82, 2.24) is 10.2 Å². The van der Waals surface area contributed by atoms with Crippen LogP contribution in [0.2, 0.25) is 0 Å². The minimum atomic E-state index is -0.121. The Morgan fingerprint density at radius 3 is 3.11 bits per heavy atom. The van der Waals surface area contributed by atoms with Crippen molar-refractivity contribution in [2.75, 3.05) is 38.6 Å². The molecule has 0 aliphatic carbocycles. The molecule has 4 nitrogen and oxygen atoms in total. The van der Waals surface area contributed by atoms with Gasteiger partial charge < -0.3 is 15.0 Å². The zero-order valence-corrected chi connectivity index (χ0v) is 12.0. The number of carbonyl (C=O) groups excluding carboxylic acids is 1. The van der Waals surface area contributed by atoms with Crippen molar-refractivity contribution in [2.24, 2.45) is 0 Å². The van der Waals surface area contributed by atoms with Crippen molar-refractivity contribution in [3.63, 3.8) is 0 Å². The predicted molar refractivity (Wildman–Crippen MR) is 75.0 cm³/mol. The molecule has 2 heterocycles. The molecule has 2 saturated heterocycles. The van der Waals surface area contributed by atoms with Crippen LogP contribution >= 0.6 is 11.8 Å². The van der Waals surface area contributed by atoms with Gasteiger partial charge in [-0.1, -0.05) is 13.3 Å². The molecular weight excluding hydrogens is 248 g/mol. The van der Waals surface area contributed by atoms with Crippen LogP contribution in [-0.4, -0.2) is 60.7 Å². The van der Waals surface area contributed by atoms with E-state index in [9.17, 15) is 4.79 Å². The van der Waals surface area contributed by atoms with Crippen LogP contribution < -0.4 is 5.32 Å². The maximum atomic E-state index is 12.4. The maximum absolute atomic E-state index is 12.4. The van der Waals surface area contributed by atoms with Crippen LogP contribution in [0.4, 0.5) is 0 Å². The number of thioether (sulfide) groups is 1. The highest BCUT2D eigenvalue weighted by molar-refractivity contribution is 7.99. The van der Waals surface area contributed by atoms with Gasteiger partial charge in [-0.3, -0.25) is 4.79 Å². The lowest BCUT2D eigenvalue weighted by Gasteiger charge is -2.30. The lowest BCUT2D eigenvalue weighted by Crippen LogP contribution is -2.53. The number of nitrogens with zero attached hydrogens (tertiary/aromatic N) is 1. The van der Waals surface area contributed by atoms with Gasteiger partial charge in [-0.25, -0.2) is 0 Å². The van der Waals surface area contributed by atoms with E-state index in [-0.39, 0.29) is 11.9 Å². The highest BCUT2D eigenvalue weighted by atomic mass is 32.2. The molecule has 0 aromatic carbocycles. The van der Waals surface area contributed by atoms with Gasteiger partial charge in [0.1, 0.15) is 6.04 Å². The Morgan fingerprint density at radius 2 is 2.39 bits per heavy atom. The number of carbonyl (C=O) groups is 1.